The van der Waals surface area contributed by atoms with Crippen molar-refractivity contribution in [3.63, 3.8) is 0 Å². The van der Waals surface area contributed by atoms with Gasteiger partial charge in [-0.25, -0.2) is 4.98 Å². The van der Waals surface area contributed by atoms with E-state index in [2.05, 4.69) is 10.3 Å². The highest BCUT2D eigenvalue weighted by Gasteiger charge is 2.26. The second-order valence-corrected chi connectivity index (χ2v) is 5.72. The number of carbonyl (C=O) groups excluding carboxylic acids is 1. The lowest BCUT2D eigenvalue weighted by Gasteiger charge is -2.25. The Labute approximate surface area is 145 Å². The van der Waals surface area contributed by atoms with Gasteiger partial charge in [-0.15, -0.1) is 0 Å². The van der Waals surface area contributed by atoms with Crippen LogP contribution in [-0.4, -0.2) is 28.2 Å². The summed E-state index contributed by atoms with van der Waals surface area (Å²) < 4.78 is 13.2. The maximum absolute atomic E-state index is 12.3. The molecule has 25 heavy (non-hydrogen) atoms. The van der Waals surface area contributed by atoms with Gasteiger partial charge in [0, 0.05) is 24.6 Å². The molecule has 0 fully saturated rings. The number of rotatable bonds is 4. The molecule has 0 bridgehead atoms. The van der Waals surface area contributed by atoms with Gasteiger partial charge < -0.3 is 19.4 Å². The molecule has 6 nitrogen and oxygen atoms in total. The van der Waals surface area contributed by atoms with E-state index in [-0.39, 0.29) is 12.5 Å². The van der Waals surface area contributed by atoms with Crippen LogP contribution in [0.3, 0.4) is 0 Å². The van der Waals surface area contributed by atoms with Crippen molar-refractivity contribution < 1.29 is 14.3 Å². The highest BCUT2D eigenvalue weighted by atomic mass is 16.6. The molecule has 1 N–H and O–H groups in total. The zero-order valence-corrected chi connectivity index (χ0v) is 13.5. The molecule has 3 aromatic rings. The standard InChI is InChI=1S/C19H17N3O3/c23-19(18-12-24-16-3-1-2-4-17(16)25-18)21-11-14-5-7-15(8-6-14)22-10-9-20-13-22/h1-10,13,18H,11-12H2,(H,21,23)/t18-/m1/s1. The number of nitrogens with zero attached hydrogens (tertiary/aromatic N) is 2. The molecule has 0 saturated heterocycles. The Morgan fingerprint density at radius 1 is 1.16 bits per heavy atom. The average Bonchev–Trinajstić information content (AvgIpc) is 3.21. The monoisotopic (exact) mass is 335 g/mol. The van der Waals surface area contributed by atoms with Gasteiger partial charge in [-0.1, -0.05) is 24.3 Å². The van der Waals surface area contributed by atoms with E-state index in [0.29, 0.717) is 18.0 Å². The predicted molar refractivity (Wildman–Crippen MR) is 91.8 cm³/mol. The summed E-state index contributed by atoms with van der Waals surface area (Å²) in [4.78, 5) is 16.3. The van der Waals surface area contributed by atoms with Crippen LogP contribution in [0.1, 0.15) is 5.56 Å². The van der Waals surface area contributed by atoms with Crippen LogP contribution in [0.4, 0.5) is 0 Å². The molecule has 0 spiro atoms. The lowest BCUT2D eigenvalue weighted by molar-refractivity contribution is -0.130. The number of nitrogens with one attached hydrogen (secondary N) is 1. The van der Waals surface area contributed by atoms with E-state index in [0.717, 1.165) is 11.3 Å². The Bertz CT molecular complexity index is 860. The number of amides is 1. The van der Waals surface area contributed by atoms with Gasteiger partial charge >= 0.3 is 0 Å². The van der Waals surface area contributed by atoms with Crippen LogP contribution >= 0.6 is 0 Å². The molecule has 2 heterocycles. The van der Waals surface area contributed by atoms with Gasteiger partial charge in [-0.2, -0.15) is 0 Å². The molecule has 1 aliphatic rings. The molecule has 1 amide bonds. The molecule has 2 aromatic carbocycles. The quantitative estimate of drug-likeness (QED) is 0.795. The number of ether oxygens (including phenoxy) is 2. The minimum absolute atomic E-state index is 0.187. The normalized spacial score (nSPS) is 15.6. The predicted octanol–water partition coefficient (Wildman–Crippen LogP) is 2.33. The Morgan fingerprint density at radius 2 is 1.96 bits per heavy atom. The number of benzene rings is 2. The van der Waals surface area contributed by atoms with Crippen LogP contribution in [0, 0.1) is 0 Å². The number of hydrogen-bond acceptors (Lipinski definition) is 4. The van der Waals surface area contributed by atoms with Gasteiger partial charge in [0.25, 0.3) is 5.91 Å². The number of aromatic nitrogens is 2. The van der Waals surface area contributed by atoms with Crippen LogP contribution in [0.15, 0.2) is 67.3 Å². The van der Waals surface area contributed by atoms with Gasteiger partial charge in [0.2, 0.25) is 6.10 Å². The molecular weight excluding hydrogens is 318 g/mol. The van der Waals surface area contributed by atoms with Gasteiger partial charge in [0.05, 0.1) is 6.33 Å². The van der Waals surface area contributed by atoms with Crippen molar-refractivity contribution in [3.05, 3.63) is 72.8 Å². The minimum atomic E-state index is -0.639. The second-order valence-electron chi connectivity index (χ2n) is 5.72. The summed E-state index contributed by atoms with van der Waals surface area (Å²) >= 11 is 0. The third kappa shape index (κ3) is 3.33. The summed E-state index contributed by atoms with van der Waals surface area (Å²) in [6.07, 6.45) is 4.72. The third-order valence-corrected chi connectivity index (χ3v) is 4.01. The first-order valence-electron chi connectivity index (χ1n) is 8.03. The van der Waals surface area contributed by atoms with Crippen LogP contribution in [0.25, 0.3) is 5.69 Å². The topological polar surface area (TPSA) is 65.4 Å². The van der Waals surface area contributed by atoms with Gasteiger partial charge in [0.15, 0.2) is 11.5 Å². The molecule has 0 radical (unpaired) electrons. The third-order valence-electron chi connectivity index (χ3n) is 4.01. The van der Waals surface area contributed by atoms with Crippen molar-refractivity contribution >= 4 is 5.91 Å². The molecule has 1 atom stereocenters. The molecule has 0 saturated carbocycles. The van der Waals surface area contributed by atoms with Crippen molar-refractivity contribution in [2.75, 3.05) is 6.61 Å². The molecule has 0 aliphatic carbocycles. The summed E-state index contributed by atoms with van der Waals surface area (Å²) in [5.41, 5.74) is 2.03. The fourth-order valence-corrected chi connectivity index (χ4v) is 2.65. The first-order chi connectivity index (χ1) is 12.3. The summed E-state index contributed by atoms with van der Waals surface area (Å²) in [5, 5.41) is 2.89. The fraction of sp³-hybridized carbons (Fsp3) is 0.158. The smallest absolute Gasteiger partial charge is 0.264 e. The molecule has 1 aromatic heterocycles. The molecule has 0 unspecified atom stereocenters. The average molecular weight is 335 g/mol. The first-order valence-corrected chi connectivity index (χ1v) is 8.03. The van der Waals surface area contributed by atoms with E-state index in [1.54, 1.807) is 18.6 Å². The second kappa shape index (κ2) is 6.68. The lowest BCUT2D eigenvalue weighted by Crippen LogP contribution is -2.43. The molecule has 4 rings (SSSR count). The van der Waals surface area contributed by atoms with Gasteiger partial charge in [-0.3, -0.25) is 4.79 Å². The Kier molecular flexibility index (Phi) is 4.08. The van der Waals surface area contributed by atoms with Crippen LogP contribution in [-0.2, 0) is 11.3 Å². The van der Waals surface area contributed by atoms with E-state index in [1.165, 1.54) is 0 Å². The maximum Gasteiger partial charge on any atom is 0.264 e. The van der Waals surface area contributed by atoms with Crippen LogP contribution < -0.4 is 14.8 Å². The first kappa shape index (κ1) is 15.3. The summed E-state index contributed by atoms with van der Waals surface area (Å²) in [5.74, 6) is 1.08. The van der Waals surface area contributed by atoms with E-state index in [9.17, 15) is 4.79 Å². The van der Waals surface area contributed by atoms with E-state index in [1.807, 2.05) is 53.2 Å². The summed E-state index contributed by atoms with van der Waals surface area (Å²) in [7, 11) is 0. The summed E-state index contributed by atoms with van der Waals surface area (Å²) in [6.45, 7) is 0.646. The van der Waals surface area contributed by atoms with Crippen molar-refractivity contribution in [3.8, 4) is 17.2 Å². The molecular formula is C19H17N3O3. The fourth-order valence-electron chi connectivity index (χ4n) is 2.65. The van der Waals surface area contributed by atoms with E-state index >= 15 is 0 Å². The van der Waals surface area contributed by atoms with E-state index < -0.39 is 6.10 Å². The Hall–Kier alpha value is -3.28. The minimum Gasteiger partial charge on any atom is -0.485 e. The van der Waals surface area contributed by atoms with Crippen LogP contribution in [0.2, 0.25) is 0 Å². The maximum atomic E-state index is 12.3. The number of fused-ring (bicyclic) bond motifs is 1. The van der Waals surface area contributed by atoms with Crippen molar-refractivity contribution in [1.82, 2.24) is 14.9 Å². The van der Waals surface area contributed by atoms with Gasteiger partial charge in [-0.05, 0) is 29.8 Å². The highest BCUT2D eigenvalue weighted by Crippen LogP contribution is 2.30. The SMILES string of the molecule is O=C(NCc1ccc(-n2ccnc2)cc1)[C@H]1COc2ccccc2O1. The van der Waals surface area contributed by atoms with Crippen molar-refractivity contribution in [1.29, 1.82) is 0 Å². The molecule has 6 heteroatoms. The zero-order chi connectivity index (χ0) is 17.1. The Balaban J connectivity index is 1.35. The van der Waals surface area contributed by atoms with Crippen LogP contribution in [0.5, 0.6) is 11.5 Å². The lowest BCUT2D eigenvalue weighted by atomic mass is 10.2. The van der Waals surface area contributed by atoms with Crippen molar-refractivity contribution in [2.45, 2.75) is 12.6 Å². The molecule has 126 valence electrons. The number of para-hydroxylation sites is 2. The number of hydrogen-bond donors (Lipinski definition) is 1. The highest BCUT2D eigenvalue weighted by molar-refractivity contribution is 5.81. The largest absolute Gasteiger partial charge is 0.485 e. The zero-order valence-electron chi connectivity index (χ0n) is 13.5. The number of imidazole rings is 1. The Morgan fingerprint density at radius 3 is 2.72 bits per heavy atom. The molecule has 1 aliphatic heterocycles. The number of carbonyl (C=O) groups is 1. The summed E-state index contributed by atoms with van der Waals surface area (Å²) in [6, 6.07) is 15.3. The van der Waals surface area contributed by atoms with Crippen molar-refractivity contribution in [2.24, 2.45) is 0 Å². The van der Waals surface area contributed by atoms with Gasteiger partial charge in [0.1, 0.15) is 6.61 Å². The van der Waals surface area contributed by atoms with E-state index in [4.69, 9.17) is 9.47 Å².